The van der Waals surface area contributed by atoms with Crippen molar-refractivity contribution in [2.24, 2.45) is 0 Å². The topological polar surface area (TPSA) is 83.8 Å². The molecule has 0 aliphatic rings. The van der Waals surface area contributed by atoms with E-state index >= 15 is 0 Å². The first-order chi connectivity index (χ1) is 8.08. The first kappa shape index (κ1) is 12.1. The Bertz CT molecular complexity index is 530. The number of rotatable bonds is 2. The predicted octanol–water partition coefficient (Wildman–Crippen LogP) is 2.77. The first-order valence-corrected chi connectivity index (χ1v) is 6.22. The molecule has 0 saturated carbocycles. The fourth-order valence-corrected chi connectivity index (χ4v) is 2.65. The molecule has 0 unspecified atom stereocenters. The lowest BCUT2D eigenvalue weighted by molar-refractivity contribution is 0.102. The van der Waals surface area contributed by atoms with Crippen molar-refractivity contribution in [1.29, 1.82) is 0 Å². The van der Waals surface area contributed by atoms with Crippen molar-refractivity contribution < 1.29 is 4.79 Å². The molecule has 1 heterocycles. The smallest absolute Gasteiger partial charge is 0.273 e. The molecule has 5 nitrogen and oxygen atoms in total. The Labute approximate surface area is 114 Å². The number of anilines is 2. The Morgan fingerprint density at radius 2 is 2.18 bits per heavy atom. The molecule has 2 aromatic rings. The minimum atomic E-state index is -0.294. The highest BCUT2D eigenvalue weighted by atomic mass is 79.9. The number of nitrogen functional groups attached to an aromatic ring is 1. The van der Waals surface area contributed by atoms with Crippen LogP contribution >= 0.6 is 31.9 Å². The van der Waals surface area contributed by atoms with Crippen molar-refractivity contribution in [1.82, 2.24) is 10.2 Å². The van der Waals surface area contributed by atoms with Gasteiger partial charge in [0.2, 0.25) is 0 Å². The van der Waals surface area contributed by atoms with Crippen LogP contribution in [0, 0.1) is 0 Å². The summed E-state index contributed by atoms with van der Waals surface area (Å²) in [6.45, 7) is 0. The zero-order chi connectivity index (χ0) is 12.4. The Morgan fingerprint density at radius 1 is 1.41 bits per heavy atom. The van der Waals surface area contributed by atoms with Crippen molar-refractivity contribution >= 4 is 49.1 Å². The van der Waals surface area contributed by atoms with E-state index in [0.29, 0.717) is 21.5 Å². The molecule has 0 spiro atoms. The highest BCUT2D eigenvalue weighted by Gasteiger charge is 2.12. The van der Waals surface area contributed by atoms with Crippen LogP contribution in [-0.4, -0.2) is 16.1 Å². The number of carbonyl (C=O) groups excluding carboxylic acids is 1. The van der Waals surface area contributed by atoms with Gasteiger partial charge in [0.25, 0.3) is 5.91 Å². The number of carbonyl (C=O) groups is 1. The van der Waals surface area contributed by atoms with Crippen LogP contribution in [0.25, 0.3) is 0 Å². The van der Waals surface area contributed by atoms with Crippen molar-refractivity contribution in [3.05, 3.63) is 39.0 Å². The van der Waals surface area contributed by atoms with Crippen molar-refractivity contribution in [2.75, 3.05) is 11.1 Å². The molecule has 0 saturated heterocycles. The average Bonchev–Trinajstić information content (AvgIpc) is 2.76. The van der Waals surface area contributed by atoms with E-state index in [1.165, 1.54) is 6.20 Å². The van der Waals surface area contributed by atoms with Crippen molar-refractivity contribution in [3.8, 4) is 0 Å². The van der Waals surface area contributed by atoms with Crippen LogP contribution in [0.4, 0.5) is 11.4 Å². The maximum absolute atomic E-state index is 11.8. The van der Waals surface area contributed by atoms with Gasteiger partial charge in [0.15, 0.2) is 0 Å². The van der Waals surface area contributed by atoms with Crippen LogP contribution in [0.5, 0.6) is 0 Å². The van der Waals surface area contributed by atoms with Crippen LogP contribution in [0.2, 0.25) is 0 Å². The third-order valence-electron chi connectivity index (χ3n) is 2.07. The van der Waals surface area contributed by atoms with Gasteiger partial charge in [-0.3, -0.25) is 9.89 Å². The van der Waals surface area contributed by atoms with Gasteiger partial charge in [-0.1, -0.05) is 15.9 Å². The lowest BCUT2D eigenvalue weighted by Gasteiger charge is -2.10. The second-order valence-corrected chi connectivity index (χ2v) is 5.05. The number of hydrogen-bond donors (Lipinski definition) is 3. The molecular formula is C10H8Br2N4O. The van der Waals surface area contributed by atoms with E-state index in [2.05, 4.69) is 47.4 Å². The lowest BCUT2D eigenvalue weighted by Crippen LogP contribution is -2.14. The fourth-order valence-electron chi connectivity index (χ4n) is 1.29. The van der Waals surface area contributed by atoms with Gasteiger partial charge in [0.1, 0.15) is 5.69 Å². The van der Waals surface area contributed by atoms with Gasteiger partial charge in [-0.25, -0.2) is 0 Å². The second kappa shape index (κ2) is 4.89. The number of hydrogen-bond acceptors (Lipinski definition) is 3. The summed E-state index contributed by atoms with van der Waals surface area (Å²) >= 11 is 6.65. The van der Waals surface area contributed by atoms with Crippen molar-refractivity contribution in [3.63, 3.8) is 0 Å². The molecule has 88 valence electrons. The van der Waals surface area contributed by atoms with Crippen LogP contribution in [0.1, 0.15) is 10.5 Å². The van der Waals surface area contributed by atoms with Crippen LogP contribution < -0.4 is 11.1 Å². The number of nitrogens with zero attached hydrogens (tertiary/aromatic N) is 1. The van der Waals surface area contributed by atoms with E-state index < -0.39 is 0 Å². The molecule has 0 fully saturated rings. The van der Waals surface area contributed by atoms with Gasteiger partial charge in [-0.05, 0) is 34.1 Å². The van der Waals surface area contributed by atoms with Crippen LogP contribution in [0.15, 0.2) is 33.3 Å². The molecule has 7 heteroatoms. The quantitative estimate of drug-likeness (QED) is 0.721. The molecule has 0 radical (unpaired) electrons. The van der Waals surface area contributed by atoms with Gasteiger partial charge in [-0.15, -0.1) is 0 Å². The third kappa shape index (κ3) is 2.67. The average molecular weight is 360 g/mol. The Balaban J connectivity index is 2.28. The molecule has 17 heavy (non-hydrogen) atoms. The number of halogens is 2. The molecule has 1 aromatic carbocycles. The molecule has 0 atom stereocenters. The summed E-state index contributed by atoms with van der Waals surface area (Å²) in [7, 11) is 0. The second-order valence-electron chi connectivity index (χ2n) is 3.28. The summed E-state index contributed by atoms with van der Waals surface area (Å²) in [5.74, 6) is -0.294. The van der Waals surface area contributed by atoms with E-state index in [1.54, 1.807) is 18.2 Å². The van der Waals surface area contributed by atoms with Gasteiger partial charge in [0.05, 0.1) is 11.4 Å². The zero-order valence-electron chi connectivity index (χ0n) is 8.50. The number of amides is 1. The van der Waals surface area contributed by atoms with Gasteiger partial charge < -0.3 is 11.1 Å². The number of aromatic nitrogens is 2. The summed E-state index contributed by atoms with van der Waals surface area (Å²) in [4.78, 5) is 11.8. The molecule has 0 bridgehead atoms. The van der Waals surface area contributed by atoms with Gasteiger partial charge >= 0.3 is 0 Å². The number of benzene rings is 1. The Kier molecular flexibility index (Phi) is 3.49. The van der Waals surface area contributed by atoms with Gasteiger partial charge in [0, 0.05) is 15.1 Å². The molecule has 4 N–H and O–H groups in total. The molecule has 1 amide bonds. The highest BCUT2D eigenvalue weighted by molar-refractivity contribution is 9.11. The van der Waals surface area contributed by atoms with Crippen LogP contribution in [0.3, 0.4) is 0 Å². The largest absolute Gasteiger partial charge is 0.397 e. The van der Waals surface area contributed by atoms with Gasteiger partial charge in [-0.2, -0.15) is 5.10 Å². The minimum absolute atomic E-state index is 0.294. The van der Waals surface area contributed by atoms with E-state index in [0.717, 1.165) is 4.47 Å². The van der Waals surface area contributed by atoms with E-state index in [9.17, 15) is 4.79 Å². The van der Waals surface area contributed by atoms with E-state index in [1.807, 2.05) is 0 Å². The number of aromatic amines is 1. The highest BCUT2D eigenvalue weighted by Crippen LogP contribution is 2.32. The third-order valence-corrected chi connectivity index (χ3v) is 3.15. The standard InChI is InChI=1S/C10H8Br2N4O/c11-5-3-6(12)9(7(13)4-5)15-10(17)8-1-2-14-16-8/h1-4H,13H2,(H,14,16)(H,15,17). The normalized spacial score (nSPS) is 10.2. The Hall–Kier alpha value is -1.34. The molecular weight excluding hydrogens is 352 g/mol. The first-order valence-electron chi connectivity index (χ1n) is 4.63. The summed E-state index contributed by atoms with van der Waals surface area (Å²) in [6, 6.07) is 5.10. The van der Waals surface area contributed by atoms with E-state index in [-0.39, 0.29) is 5.91 Å². The molecule has 2 rings (SSSR count). The Morgan fingerprint density at radius 3 is 2.76 bits per heavy atom. The van der Waals surface area contributed by atoms with Crippen LogP contribution in [-0.2, 0) is 0 Å². The summed E-state index contributed by atoms with van der Waals surface area (Å²) < 4.78 is 1.54. The molecule has 0 aliphatic carbocycles. The van der Waals surface area contributed by atoms with E-state index in [4.69, 9.17) is 5.73 Å². The number of nitrogens with two attached hydrogens (primary N) is 1. The minimum Gasteiger partial charge on any atom is -0.397 e. The summed E-state index contributed by atoms with van der Waals surface area (Å²) in [5.41, 5.74) is 7.20. The monoisotopic (exact) mass is 358 g/mol. The maximum atomic E-state index is 11.8. The lowest BCUT2D eigenvalue weighted by atomic mass is 10.2. The zero-order valence-corrected chi connectivity index (χ0v) is 11.7. The SMILES string of the molecule is Nc1cc(Br)cc(Br)c1NC(=O)c1ccn[nH]1. The molecule has 0 aliphatic heterocycles. The number of nitrogens with one attached hydrogen (secondary N) is 2. The maximum Gasteiger partial charge on any atom is 0.273 e. The predicted molar refractivity (Wildman–Crippen MR) is 72.8 cm³/mol. The summed E-state index contributed by atoms with van der Waals surface area (Å²) in [5, 5.41) is 8.99. The fraction of sp³-hybridized carbons (Fsp3) is 0. The number of H-pyrrole nitrogens is 1. The summed E-state index contributed by atoms with van der Waals surface area (Å²) in [6.07, 6.45) is 1.51. The van der Waals surface area contributed by atoms with Crippen molar-refractivity contribution in [2.45, 2.75) is 0 Å². The molecule has 1 aromatic heterocycles.